The molecule has 3 saturated carbocycles. The van der Waals surface area contributed by atoms with Crippen LogP contribution in [-0.2, 0) is 6.54 Å². The highest BCUT2D eigenvalue weighted by Gasteiger charge is 2.53. The molecule has 3 aliphatic carbocycles. The predicted octanol–water partition coefficient (Wildman–Crippen LogP) is 4.42. The second-order valence-electron chi connectivity index (χ2n) is 7.14. The number of H-pyrrole nitrogens is 1. The van der Waals surface area contributed by atoms with Gasteiger partial charge in [0.05, 0.1) is 0 Å². The van der Waals surface area contributed by atoms with Gasteiger partial charge in [-0.15, -0.1) is 0 Å². The average Bonchev–Trinajstić information content (AvgIpc) is 3.12. The summed E-state index contributed by atoms with van der Waals surface area (Å²) in [6.45, 7) is 1.11. The number of hydrogen-bond donors (Lipinski definition) is 1. The molecule has 0 bridgehead atoms. The minimum Gasteiger partial charge on any atom is -0.304 e. The van der Waals surface area contributed by atoms with Crippen LogP contribution in [0.1, 0.15) is 69.5 Å². The Morgan fingerprint density at radius 2 is 1.65 bits per heavy atom. The van der Waals surface area contributed by atoms with Gasteiger partial charge < -0.3 is 4.57 Å². The van der Waals surface area contributed by atoms with Crippen molar-refractivity contribution in [2.45, 2.75) is 70.3 Å². The molecule has 0 saturated heterocycles. The van der Waals surface area contributed by atoms with Crippen molar-refractivity contribution >= 4 is 12.2 Å². The van der Waals surface area contributed by atoms with Crippen LogP contribution in [0.5, 0.6) is 0 Å². The van der Waals surface area contributed by atoms with Gasteiger partial charge in [-0.1, -0.05) is 32.1 Å². The molecular formula is C16H25N3S. The Labute approximate surface area is 126 Å². The Bertz CT molecular complexity index is 514. The zero-order chi connectivity index (χ0) is 13.5. The van der Waals surface area contributed by atoms with Crippen molar-refractivity contribution in [2.24, 2.45) is 17.8 Å². The Morgan fingerprint density at radius 1 is 1.00 bits per heavy atom. The highest BCUT2D eigenvalue weighted by atomic mass is 32.1. The van der Waals surface area contributed by atoms with Gasteiger partial charge in [-0.05, 0) is 55.7 Å². The van der Waals surface area contributed by atoms with Crippen molar-refractivity contribution < 1.29 is 0 Å². The van der Waals surface area contributed by atoms with Crippen molar-refractivity contribution in [3.05, 3.63) is 10.6 Å². The molecule has 0 radical (unpaired) electrons. The number of fused-ring (bicyclic) bond motifs is 1. The van der Waals surface area contributed by atoms with Crippen molar-refractivity contribution in [3.63, 3.8) is 0 Å². The van der Waals surface area contributed by atoms with Gasteiger partial charge in [0.15, 0.2) is 4.77 Å². The Kier molecular flexibility index (Phi) is 3.45. The number of rotatable bonds is 3. The number of nitrogens with one attached hydrogen (secondary N) is 1. The summed E-state index contributed by atoms with van der Waals surface area (Å²) in [4.78, 5) is 0. The molecule has 1 aromatic heterocycles. The summed E-state index contributed by atoms with van der Waals surface area (Å²) in [7, 11) is 0. The normalized spacial score (nSPS) is 33.9. The summed E-state index contributed by atoms with van der Waals surface area (Å²) in [6.07, 6.45) is 12.7. The van der Waals surface area contributed by atoms with Gasteiger partial charge in [0.2, 0.25) is 0 Å². The lowest BCUT2D eigenvalue weighted by molar-refractivity contribution is 0.314. The number of nitrogens with zero attached hydrogens (tertiary/aromatic N) is 2. The minimum atomic E-state index is 0.717. The molecule has 3 aliphatic rings. The van der Waals surface area contributed by atoms with Crippen molar-refractivity contribution in [1.82, 2.24) is 14.8 Å². The maximum Gasteiger partial charge on any atom is 0.195 e. The topological polar surface area (TPSA) is 33.6 Å². The third kappa shape index (κ3) is 2.26. The fourth-order valence-corrected chi connectivity index (χ4v) is 4.98. The molecule has 20 heavy (non-hydrogen) atoms. The van der Waals surface area contributed by atoms with Gasteiger partial charge in [-0.2, -0.15) is 5.10 Å². The van der Waals surface area contributed by atoms with E-state index in [9.17, 15) is 0 Å². The lowest BCUT2D eigenvalue weighted by Crippen LogP contribution is -2.16. The first-order valence-electron chi connectivity index (χ1n) is 8.49. The highest BCUT2D eigenvalue weighted by Crippen LogP contribution is 2.60. The molecule has 3 fully saturated rings. The van der Waals surface area contributed by atoms with Crippen molar-refractivity contribution in [2.75, 3.05) is 0 Å². The standard InChI is InChI=1S/C16H25N3S/c20-16-18-17-15(14-12-8-4-5-9-13(12)14)19(16)10-11-6-2-1-3-7-11/h11-14H,1-10H2,(H,18,20). The number of aromatic nitrogens is 3. The van der Waals surface area contributed by atoms with E-state index in [1.54, 1.807) is 0 Å². The molecule has 0 amide bonds. The van der Waals surface area contributed by atoms with E-state index in [1.807, 2.05) is 0 Å². The van der Waals surface area contributed by atoms with Gasteiger partial charge in [0.25, 0.3) is 0 Å². The van der Waals surface area contributed by atoms with E-state index >= 15 is 0 Å². The molecular weight excluding hydrogens is 266 g/mol. The summed E-state index contributed by atoms with van der Waals surface area (Å²) in [5.74, 6) is 4.66. The van der Waals surface area contributed by atoms with E-state index in [2.05, 4.69) is 14.8 Å². The molecule has 1 aromatic rings. The van der Waals surface area contributed by atoms with E-state index < -0.39 is 0 Å². The zero-order valence-corrected chi connectivity index (χ0v) is 13.0. The van der Waals surface area contributed by atoms with Crippen molar-refractivity contribution in [3.8, 4) is 0 Å². The summed E-state index contributed by atoms with van der Waals surface area (Å²) in [5.41, 5.74) is 0. The van der Waals surface area contributed by atoms with Crippen LogP contribution < -0.4 is 0 Å². The second kappa shape index (κ2) is 5.28. The molecule has 1 heterocycles. The van der Waals surface area contributed by atoms with Gasteiger partial charge in [0, 0.05) is 12.5 Å². The van der Waals surface area contributed by atoms with Crippen LogP contribution in [0, 0.1) is 22.5 Å². The average molecular weight is 291 g/mol. The largest absolute Gasteiger partial charge is 0.304 e. The molecule has 4 heteroatoms. The molecule has 0 aliphatic heterocycles. The molecule has 1 N–H and O–H groups in total. The van der Waals surface area contributed by atoms with Crippen molar-refractivity contribution in [1.29, 1.82) is 0 Å². The van der Waals surface area contributed by atoms with E-state index in [4.69, 9.17) is 12.2 Å². The van der Waals surface area contributed by atoms with Crippen LogP contribution in [-0.4, -0.2) is 14.8 Å². The molecule has 2 atom stereocenters. The van der Waals surface area contributed by atoms with E-state index in [-0.39, 0.29) is 0 Å². The first-order valence-corrected chi connectivity index (χ1v) is 8.90. The van der Waals surface area contributed by atoms with Gasteiger partial charge in [-0.25, -0.2) is 0 Å². The Balaban J connectivity index is 1.54. The number of aromatic amines is 1. The predicted molar refractivity (Wildman–Crippen MR) is 82.2 cm³/mol. The van der Waals surface area contributed by atoms with Gasteiger partial charge >= 0.3 is 0 Å². The summed E-state index contributed by atoms with van der Waals surface area (Å²) in [5, 5.41) is 7.69. The smallest absolute Gasteiger partial charge is 0.195 e. The van der Waals surface area contributed by atoms with Crippen LogP contribution in [0.15, 0.2) is 0 Å². The molecule has 3 nitrogen and oxygen atoms in total. The van der Waals surface area contributed by atoms with Crippen LogP contribution in [0.3, 0.4) is 0 Å². The second-order valence-corrected chi connectivity index (χ2v) is 7.53. The Hall–Kier alpha value is -0.640. The van der Waals surface area contributed by atoms with Gasteiger partial charge in [0.1, 0.15) is 5.82 Å². The summed E-state index contributed by atoms with van der Waals surface area (Å²) >= 11 is 5.50. The van der Waals surface area contributed by atoms with E-state index in [0.29, 0.717) is 5.92 Å². The molecule has 110 valence electrons. The lowest BCUT2D eigenvalue weighted by Gasteiger charge is -2.22. The fourth-order valence-electron chi connectivity index (χ4n) is 4.76. The van der Waals surface area contributed by atoms with Gasteiger partial charge in [-0.3, -0.25) is 5.10 Å². The maximum atomic E-state index is 5.50. The quantitative estimate of drug-likeness (QED) is 0.836. The zero-order valence-electron chi connectivity index (χ0n) is 12.2. The minimum absolute atomic E-state index is 0.717. The molecule has 4 rings (SSSR count). The van der Waals surface area contributed by atoms with Crippen LogP contribution in [0.4, 0.5) is 0 Å². The Morgan fingerprint density at radius 3 is 2.35 bits per heavy atom. The van der Waals surface area contributed by atoms with Crippen LogP contribution in [0.25, 0.3) is 0 Å². The molecule has 2 unspecified atom stereocenters. The highest BCUT2D eigenvalue weighted by molar-refractivity contribution is 7.71. The summed E-state index contributed by atoms with van der Waals surface area (Å²) < 4.78 is 3.21. The SMILES string of the molecule is S=c1[nH]nc(C2C3CCCCC32)n1CC1CCCCC1. The number of hydrogen-bond acceptors (Lipinski definition) is 2. The van der Waals surface area contributed by atoms with Crippen LogP contribution >= 0.6 is 12.2 Å². The van der Waals surface area contributed by atoms with Crippen LogP contribution in [0.2, 0.25) is 0 Å². The monoisotopic (exact) mass is 291 g/mol. The summed E-state index contributed by atoms with van der Waals surface area (Å²) in [6, 6.07) is 0. The molecule has 0 aromatic carbocycles. The third-order valence-electron chi connectivity index (χ3n) is 5.91. The van der Waals surface area contributed by atoms with E-state index in [0.717, 1.165) is 29.1 Å². The fraction of sp³-hybridized carbons (Fsp3) is 0.875. The first-order chi connectivity index (χ1) is 9.84. The first kappa shape index (κ1) is 13.1. The lowest BCUT2D eigenvalue weighted by atomic mass is 9.89. The molecule has 0 spiro atoms. The third-order valence-corrected chi connectivity index (χ3v) is 6.22. The van der Waals surface area contributed by atoms with E-state index in [1.165, 1.54) is 63.6 Å². The maximum absolute atomic E-state index is 5.50.